The van der Waals surface area contributed by atoms with E-state index in [0.717, 1.165) is 43.9 Å². The number of aromatic nitrogens is 2. The molecule has 0 unspecified atom stereocenters. The Labute approximate surface area is 273 Å². The monoisotopic (exact) mass is 686 g/mol. The van der Waals surface area contributed by atoms with Crippen LogP contribution in [0.4, 0.5) is 13.2 Å². The predicted octanol–water partition coefficient (Wildman–Crippen LogP) is 3.27. The quantitative estimate of drug-likeness (QED) is 0.346. The van der Waals surface area contributed by atoms with Gasteiger partial charge in [-0.3, -0.25) is 9.48 Å². The van der Waals surface area contributed by atoms with E-state index in [1.165, 1.54) is 28.2 Å². The Morgan fingerprint density at radius 2 is 1.76 bits per heavy atom. The van der Waals surface area contributed by atoms with Crippen LogP contribution in [-0.2, 0) is 40.5 Å². The fourth-order valence-electron chi connectivity index (χ4n) is 6.68. The number of hydrogen-bond donors (Lipinski definition) is 2. The number of likely N-dealkylation sites (tertiary alicyclic amines) is 2. The summed E-state index contributed by atoms with van der Waals surface area (Å²) in [6.45, 7) is 6.91. The fourth-order valence-corrected chi connectivity index (χ4v) is 8.59. The van der Waals surface area contributed by atoms with Crippen LogP contribution in [-0.4, -0.2) is 107 Å². The normalized spacial score (nSPS) is 20.6. The highest BCUT2D eigenvalue weighted by Gasteiger charge is 2.35. The standard InChI is InChI=1S/C31H45F3N6O4S2/c1-21-5-10-37(11-6-21)15-16-45-28-17-23(3-4-26(28)31(32,33)34)29-25-20-39(46(2,43)44)14-9-27(25)40(36-29)19-24(41)18-38-12-7-22(8-13-38)30(35)42/h3-4,17,21-22,24,41H,5-16,18-20H2,1-2H3,(H2,35,42)/t24-/m0/s1. The number of carbonyl (C=O) groups excluding carboxylic acids is 1. The zero-order valence-electron chi connectivity index (χ0n) is 26.5. The van der Waals surface area contributed by atoms with Crippen molar-refractivity contribution in [1.82, 2.24) is 23.9 Å². The number of primary amides is 1. The molecule has 2 aromatic rings. The van der Waals surface area contributed by atoms with E-state index in [0.29, 0.717) is 73.9 Å². The van der Waals surface area contributed by atoms with E-state index in [1.54, 1.807) is 4.68 Å². The number of aliphatic hydroxyl groups is 1. The molecule has 0 saturated carbocycles. The predicted molar refractivity (Wildman–Crippen MR) is 172 cm³/mol. The largest absolute Gasteiger partial charge is 0.417 e. The van der Waals surface area contributed by atoms with Crippen LogP contribution < -0.4 is 5.73 Å². The van der Waals surface area contributed by atoms with Gasteiger partial charge in [-0.25, -0.2) is 8.42 Å². The SMILES string of the molecule is CC1CCN(CCSc2cc(-c3nn(C[C@@H](O)CN4CCC(C(N)=O)CC4)c4c3CN(S(C)(=O)=O)CC4)ccc2C(F)(F)F)CC1. The number of benzene rings is 1. The first-order chi connectivity index (χ1) is 21.7. The van der Waals surface area contributed by atoms with Crippen LogP contribution >= 0.6 is 11.8 Å². The van der Waals surface area contributed by atoms with E-state index in [9.17, 15) is 31.5 Å². The van der Waals surface area contributed by atoms with Crippen LogP contribution in [0.25, 0.3) is 11.3 Å². The Morgan fingerprint density at radius 1 is 1.09 bits per heavy atom. The summed E-state index contributed by atoms with van der Waals surface area (Å²) in [6.07, 6.45) is -0.364. The molecule has 0 aliphatic carbocycles. The highest BCUT2D eigenvalue weighted by molar-refractivity contribution is 7.99. The van der Waals surface area contributed by atoms with Crippen LogP contribution in [0.5, 0.6) is 0 Å². The number of β-amino-alcohol motifs (C(OH)–C–C–N with tert-alkyl or cyclic N) is 1. The maximum atomic E-state index is 14.1. The lowest BCUT2D eigenvalue weighted by Crippen LogP contribution is -2.43. The average Bonchev–Trinajstić information content (AvgIpc) is 3.34. The number of alkyl halides is 3. The number of amides is 1. The van der Waals surface area contributed by atoms with E-state index in [4.69, 9.17) is 10.8 Å². The Balaban J connectivity index is 1.39. The number of thioether (sulfide) groups is 1. The molecule has 46 heavy (non-hydrogen) atoms. The van der Waals surface area contributed by atoms with Gasteiger partial charge in [-0.2, -0.15) is 22.6 Å². The van der Waals surface area contributed by atoms with Gasteiger partial charge in [0.15, 0.2) is 0 Å². The molecule has 1 amide bonds. The van der Waals surface area contributed by atoms with Crippen molar-refractivity contribution >= 4 is 27.7 Å². The minimum atomic E-state index is -4.52. The maximum Gasteiger partial charge on any atom is 0.417 e. The zero-order chi connectivity index (χ0) is 33.2. The fraction of sp³-hybridized carbons (Fsp3) is 0.677. The van der Waals surface area contributed by atoms with Crippen LogP contribution in [0.3, 0.4) is 0 Å². The summed E-state index contributed by atoms with van der Waals surface area (Å²) in [5, 5.41) is 15.8. The number of sulfonamides is 1. The van der Waals surface area contributed by atoms with Crippen molar-refractivity contribution in [2.75, 3.05) is 57.8 Å². The van der Waals surface area contributed by atoms with Gasteiger partial charge in [-0.15, -0.1) is 11.8 Å². The van der Waals surface area contributed by atoms with E-state index in [2.05, 4.69) is 16.7 Å². The third kappa shape index (κ3) is 8.64. The van der Waals surface area contributed by atoms with Crippen molar-refractivity contribution in [3.8, 4) is 11.3 Å². The highest BCUT2D eigenvalue weighted by atomic mass is 32.2. The second-order valence-electron chi connectivity index (χ2n) is 13.0. The summed E-state index contributed by atoms with van der Waals surface area (Å²) in [4.78, 5) is 16.0. The van der Waals surface area contributed by atoms with Gasteiger partial charge >= 0.3 is 6.18 Å². The Hall–Kier alpha value is -2.17. The summed E-state index contributed by atoms with van der Waals surface area (Å²) in [6, 6.07) is 4.02. The molecule has 256 valence electrons. The van der Waals surface area contributed by atoms with Gasteiger partial charge in [0.2, 0.25) is 15.9 Å². The minimum Gasteiger partial charge on any atom is -0.390 e. The summed E-state index contributed by atoms with van der Waals surface area (Å²) in [5.74, 6) is 0.717. The number of halogens is 3. The van der Waals surface area contributed by atoms with E-state index in [1.807, 2.05) is 0 Å². The number of piperidine rings is 2. The number of nitrogens with zero attached hydrogens (tertiary/aromatic N) is 5. The van der Waals surface area contributed by atoms with Crippen molar-refractivity contribution in [2.45, 2.75) is 69.3 Å². The molecule has 0 radical (unpaired) electrons. The lowest BCUT2D eigenvalue weighted by Gasteiger charge is -2.32. The third-order valence-electron chi connectivity index (χ3n) is 9.51. The lowest BCUT2D eigenvalue weighted by molar-refractivity contribution is -0.139. The summed E-state index contributed by atoms with van der Waals surface area (Å²) < 4.78 is 70.3. The topological polar surface area (TPSA) is 125 Å². The zero-order valence-corrected chi connectivity index (χ0v) is 28.1. The first kappa shape index (κ1) is 35.1. The molecule has 3 aliphatic rings. The summed E-state index contributed by atoms with van der Waals surface area (Å²) in [5.41, 5.74) is 7.08. The smallest absolute Gasteiger partial charge is 0.390 e. The molecule has 15 heteroatoms. The van der Waals surface area contributed by atoms with Gasteiger partial charge in [0, 0.05) is 66.0 Å². The summed E-state index contributed by atoms with van der Waals surface area (Å²) >= 11 is 1.18. The van der Waals surface area contributed by atoms with Crippen molar-refractivity contribution in [3.05, 3.63) is 35.0 Å². The van der Waals surface area contributed by atoms with E-state index in [-0.39, 0.29) is 36.4 Å². The lowest BCUT2D eigenvalue weighted by atomic mass is 9.96. The second-order valence-corrected chi connectivity index (χ2v) is 16.1. The number of carbonyl (C=O) groups is 1. The Bertz CT molecular complexity index is 1490. The molecule has 1 aromatic carbocycles. The van der Waals surface area contributed by atoms with E-state index < -0.39 is 27.9 Å². The Kier molecular flexibility index (Phi) is 11.1. The van der Waals surface area contributed by atoms with Gasteiger partial charge < -0.3 is 20.6 Å². The number of nitrogens with two attached hydrogens (primary N) is 1. The molecule has 3 aliphatic heterocycles. The Morgan fingerprint density at radius 3 is 2.39 bits per heavy atom. The molecule has 10 nitrogen and oxygen atoms in total. The van der Waals surface area contributed by atoms with Gasteiger partial charge in [0.05, 0.1) is 30.2 Å². The summed E-state index contributed by atoms with van der Waals surface area (Å²) in [7, 11) is -3.52. The van der Waals surface area contributed by atoms with Crippen LogP contribution in [0.1, 0.15) is 49.4 Å². The minimum absolute atomic E-state index is 0.0527. The van der Waals surface area contributed by atoms with Crippen molar-refractivity contribution in [2.24, 2.45) is 17.6 Å². The van der Waals surface area contributed by atoms with Crippen molar-refractivity contribution in [3.63, 3.8) is 0 Å². The van der Waals surface area contributed by atoms with Gasteiger partial charge in [0.1, 0.15) is 0 Å². The van der Waals surface area contributed by atoms with Gasteiger partial charge in [-0.05, 0) is 69.9 Å². The number of rotatable bonds is 11. The molecule has 0 bridgehead atoms. The van der Waals surface area contributed by atoms with Gasteiger partial charge in [-0.1, -0.05) is 13.0 Å². The van der Waals surface area contributed by atoms with Crippen LogP contribution in [0.2, 0.25) is 0 Å². The number of hydrogen-bond acceptors (Lipinski definition) is 8. The molecule has 2 fully saturated rings. The van der Waals surface area contributed by atoms with Gasteiger partial charge in [0.25, 0.3) is 0 Å². The van der Waals surface area contributed by atoms with Crippen molar-refractivity contribution < 1.29 is 31.5 Å². The average molecular weight is 687 g/mol. The first-order valence-electron chi connectivity index (χ1n) is 16.0. The van der Waals surface area contributed by atoms with Crippen molar-refractivity contribution in [1.29, 1.82) is 0 Å². The van der Waals surface area contributed by atoms with E-state index >= 15 is 0 Å². The molecular formula is C31H45F3N6O4S2. The highest BCUT2D eigenvalue weighted by Crippen LogP contribution is 2.40. The van der Waals surface area contributed by atoms with Crippen LogP contribution in [0.15, 0.2) is 23.1 Å². The third-order valence-corrected chi connectivity index (χ3v) is 11.8. The molecule has 2 saturated heterocycles. The van der Waals surface area contributed by atoms with Crippen LogP contribution in [0, 0.1) is 11.8 Å². The molecular weight excluding hydrogens is 642 g/mol. The molecule has 1 atom stereocenters. The molecule has 0 spiro atoms. The molecule has 4 heterocycles. The first-order valence-corrected chi connectivity index (χ1v) is 18.8. The molecule has 3 N–H and O–H groups in total. The second kappa shape index (κ2) is 14.5. The maximum absolute atomic E-state index is 14.1. The molecule has 5 rings (SSSR count). The molecule has 1 aromatic heterocycles. The number of fused-ring (bicyclic) bond motifs is 1. The number of aliphatic hydroxyl groups excluding tert-OH is 1.